The number of nitrogens with zero attached hydrogens (tertiary/aromatic N) is 1. The molecule has 1 aliphatic rings. The Kier molecular flexibility index (Phi) is 5.41. The maximum Gasteiger partial charge on any atom is 0.202 e. The number of rotatable bonds is 4. The van der Waals surface area contributed by atoms with Crippen molar-refractivity contribution in [3.63, 3.8) is 0 Å². The van der Waals surface area contributed by atoms with Crippen molar-refractivity contribution in [3.05, 3.63) is 52.2 Å². The molecule has 1 N–H and O–H groups in total. The van der Waals surface area contributed by atoms with E-state index in [-0.39, 0.29) is 17.8 Å². The van der Waals surface area contributed by atoms with Gasteiger partial charge in [0.05, 0.1) is 16.5 Å². The number of fused-ring (bicyclic) bond motifs is 3. The first-order valence-electron chi connectivity index (χ1n) is 9.15. The van der Waals surface area contributed by atoms with E-state index < -0.39 is 5.60 Å². The second-order valence-corrected chi connectivity index (χ2v) is 7.73. The molecule has 6 heteroatoms. The van der Waals surface area contributed by atoms with Crippen LogP contribution in [0, 0.1) is 0 Å². The fraction of sp³-hybridized carbons (Fsp3) is 0.318. The third kappa shape index (κ3) is 3.60. The molecule has 0 fully saturated rings. The molecule has 0 saturated carbocycles. The first-order valence-corrected chi connectivity index (χ1v) is 9.15. The third-order valence-electron chi connectivity index (χ3n) is 4.76. The van der Waals surface area contributed by atoms with Gasteiger partial charge in [0.15, 0.2) is 0 Å². The normalized spacial score (nSPS) is 14.6. The molecule has 1 aliphatic heterocycles. The summed E-state index contributed by atoms with van der Waals surface area (Å²) in [5, 5.41) is 4.60. The van der Waals surface area contributed by atoms with Gasteiger partial charge >= 0.3 is 0 Å². The van der Waals surface area contributed by atoms with Crippen LogP contribution in [0.25, 0.3) is 28.0 Å². The highest BCUT2D eigenvalue weighted by atomic mass is 35.5. The Morgan fingerprint density at radius 2 is 1.89 bits per heavy atom. The van der Waals surface area contributed by atoms with Gasteiger partial charge in [-0.2, -0.15) is 0 Å². The van der Waals surface area contributed by atoms with Gasteiger partial charge in [-0.05, 0) is 52.2 Å². The Balaban J connectivity index is 0.00000225. The minimum Gasteiger partial charge on any atom is -0.483 e. The number of para-hydroxylation sites is 1. The van der Waals surface area contributed by atoms with Gasteiger partial charge in [-0.1, -0.05) is 12.1 Å². The molecule has 4 rings (SSSR count). The van der Waals surface area contributed by atoms with Crippen LogP contribution in [0.4, 0.5) is 5.69 Å². The summed E-state index contributed by atoms with van der Waals surface area (Å²) in [7, 11) is 4.04. The standard InChI is InChI=1S/C22H24N2O3.ClH/c1-22(2)10-9-14-17(27-22)13-18-19(20(14)23-11-12-24(3)4)21(25)15-7-5-6-8-16(15)26-18;/h5-10,13,23H,11-12H2,1-4H3;1H. The van der Waals surface area contributed by atoms with Crippen molar-refractivity contribution in [1.29, 1.82) is 0 Å². The van der Waals surface area contributed by atoms with E-state index in [0.717, 1.165) is 23.5 Å². The molecule has 28 heavy (non-hydrogen) atoms. The fourth-order valence-electron chi connectivity index (χ4n) is 3.39. The molecule has 3 aromatic rings. The first kappa shape index (κ1) is 20.2. The number of ether oxygens (including phenoxy) is 1. The number of halogens is 1. The summed E-state index contributed by atoms with van der Waals surface area (Å²) < 4.78 is 12.2. The van der Waals surface area contributed by atoms with Crippen LogP contribution in [0.15, 0.2) is 45.6 Å². The van der Waals surface area contributed by atoms with Gasteiger partial charge in [0.1, 0.15) is 22.5 Å². The summed E-state index contributed by atoms with van der Waals surface area (Å²) in [4.78, 5) is 15.3. The van der Waals surface area contributed by atoms with Gasteiger partial charge in [0, 0.05) is 24.7 Å². The molecule has 0 bridgehead atoms. The Hall–Kier alpha value is -2.50. The highest BCUT2D eigenvalue weighted by Crippen LogP contribution is 2.40. The molecule has 1 aromatic heterocycles. The molecule has 2 heterocycles. The summed E-state index contributed by atoms with van der Waals surface area (Å²) in [6.45, 7) is 5.57. The van der Waals surface area contributed by atoms with Gasteiger partial charge in [-0.15, -0.1) is 12.4 Å². The van der Waals surface area contributed by atoms with E-state index in [1.807, 2.05) is 64.4 Å². The maximum atomic E-state index is 13.2. The molecule has 0 radical (unpaired) electrons. The van der Waals surface area contributed by atoms with E-state index in [4.69, 9.17) is 9.15 Å². The van der Waals surface area contributed by atoms with Crippen LogP contribution in [0.2, 0.25) is 0 Å². The van der Waals surface area contributed by atoms with Gasteiger partial charge in [0.25, 0.3) is 0 Å². The molecule has 0 amide bonds. The second-order valence-electron chi connectivity index (χ2n) is 7.73. The van der Waals surface area contributed by atoms with E-state index in [2.05, 4.69) is 10.2 Å². The van der Waals surface area contributed by atoms with Crippen LogP contribution >= 0.6 is 12.4 Å². The van der Waals surface area contributed by atoms with Crippen LogP contribution in [0.3, 0.4) is 0 Å². The van der Waals surface area contributed by atoms with E-state index in [0.29, 0.717) is 28.5 Å². The molecule has 2 aromatic carbocycles. The topological polar surface area (TPSA) is 54.7 Å². The van der Waals surface area contributed by atoms with Crippen LogP contribution in [-0.2, 0) is 0 Å². The van der Waals surface area contributed by atoms with Crippen molar-refractivity contribution < 1.29 is 9.15 Å². The van der Waals surface area contributed by atoms with Crippen LogP contribution in [0.5, 0.6) is 5.75 Å². The zero-order valence-corrected chi connectivity index (χ0v) is 17.4. The summed E-state index contributed by atoms with van der Waals surface area (Å²) in [5.41, 5.74) is 2.35. The highest BCUT2D eigenvalue weighted by Gasteiger charge is 2.26. The maximum absolute atomic E-state index is 13.2. The highest BCUT2D eigenvalue weighted by molar-refractivity contribution is 6.02. The Labute approximate surface area is 170 Å². The van der Waals surface area contributed by atoms with E-state index in [9.17, 15) is 4.79 Å². The molecule has 148 valence electrons. The summed E-state index contributed by atoms with van der Waals surface area (Å²) >= 11 is 0. The average molecular weight is 401 g/mol. The molecule has 0 saturated heterocycles. The summed E-state index contributed by atoms with van der Waals surface area (Å²) in [6.07, 6.45) is 4.05. The van der Waals surface area contributed by atoms with Crippen molar-refractivity contribution in [2.24, 2.45) is 0 Å². The molecular weight excluding hydrogens is 376 g/mol. The lowest BCUT2D eigenvalue weighted by Crippen LogP contribution is -2.28. The van der Waals surface area contributed by atoms with Crippen LogP contribution in [-0.4, -0.2) is 37.7 Å². The molecule has 0 spiro atoms. The largest absolute Gasteiger partial charge is 0.483 e. The van der Waals surface area contributed by atoms with E-state index in [1.54, 1.807) is 6.07 Å². The lowest BCUT2D eigenvalue weighted by Gasteiger charge is -2.29. The van der Waals surface area contributed by atoms with Crippen LogP contribution in [0.1, 0.15) is 19.4 Å². The fourth-order valence-corrected chi connectivity index (χ4v) is 3.39. The number of hydrogen-bond donors (Lipinski definition) is 1. The predicted octanol–water partition coefficient (Wildman–Crippen LogP) is 4.53. The molecular formula is C22H25ClN2O3. The van der Waals surface area contributed by atoms with Gasteiger partial charge < -0.3 is 19.4 Å². The van der Waals surface area contributed by atoms with Gasteiger partial charge in [0.2, 0.25) is 5.43 Å². The Morgan fingerprint density at radius 3 is 2.64 bits per heavy atom. The number of hydrogen-bond acceptors (Lipinski definition) is 5. The van der Waals surface area contributed by atoms with Gasteiger partial charge in [-0.3, -0.25) is 4.79 Å². The second kappa shape index (κ2) is 7.49. The van der Waals surface area contributed by atoms with Crippen molar-refractivity contribution >= 4 is 46.1 Å². The smallest absolute Gasteiger partial charge is 0.202 e. The monoisotopic (exact) mass is 400 g/mol. The number of anilines is 1. The zero-order chi connectivity index (χ0) is 19.2. The quantitative estimate of drug-likeness (QED) is 0.652. The van der Waals surface area contributed by atoms with Crippen molar-refractivity contribution in [2.45, 2.75) is 19.4 Å². The lowest BCUT2D eigenvalue weighted by atomic mass is 9.98. The summed E-state index contributed by atoms with van der Waals surface area (Å²) in [6, 6.07) is 9.18. The molecule has 0 aliphatic carbocycles. The van der Waals surface area contributed by atoms with E-state index in [1.165, 1.54) is 0 Å². The lowest BCUT2D eigenvalue weighted by molar-refractivity contribution is 0.159. The third-order valence-corrected chi connectivity index (χ3v) is 4.76. The predicted molar refractivity (Wildman–Crippen MR) is 118 cm³/mol. The minimum atomic E-state index is -0.404. The molecule has 0 atom stereocenters. The summed E-state index contributed by atoms with van der Waals surface area (Å²) in [5.74, 6) is 0.723. The number of likely N-dealkylation sites (N-methyl/N-ethyl adjacent to an activating group) is 1. The van der Waals surface area contributed by atoms with Gasteiger partial charge in [-0.25, -0.2) is 0 Å². The number of nitrogens with one attached hydrogen (secondary N) is 1. The Morgan fingerprint density at radius 1 is 1.14 bits per heavy atom. The van der Waals surface area contributed by atoms with E-state index >= 15 is 0 Å². The molecule has 5 nitrogen and oxygen atoms in total. The average Bonchev–Trinajstić information content (AvgIpc) is 2.60. The van der Waals surface area contributed by atoms with Crippen molar-refractivity contribution in [1.82, 2.24) is 4.90 Å². The SMILES string of the molecule is CN(C)CCNc1c2c(cc3oc4ccccc4c(=O)c13)OC(C)(C)C=C2.Cl. The van der Waals surface area contributed by atoms with Crippen molar-refractivity contribution in [2.75, 3.05) is 32.5 Å². The zero-order valence-electron chi connectivity index (χ0n) is 16.5. The molecule has 0 unspecified atom stereocenters. The van der Waals surface area contributed by atoms with Crippen LogP contribution < -0.4 is 15.5 Å². The van der Waals surface area contributed by atoms with Crippen molar-refractivity contribution in [3.8, 4) is 5.75 Å². The first-order chi connectivity index (χ1) is 12.9. The number of benzene rings is 2. The minimum absolute atomic E-state index is 0. The Bertz CT molecular complexity index is 1120.